The molecule has 0 bridgehead atoms. The van der Waals surface area contributed by atoms with Crippen LogP contribution < -0.4 is 9.46 Å². The molecule has 3 rings (SSSR count). The number of sulfonamides is 1. The van der Waals surface area contributed by atoms with Crippen molar-refractivity contribution in [1.82, 2.24) is 9.71 Å². The van der Waals surface area contributed by atoms with E-state index in [4.69, 9.17) is 4.74 Å². The van der Waals surface area contributed by atoms with Gasteiger partial charge in [-0.25, -0.2) is 13.1 Å². The van der Waals surface area contributed by atoms with E-state index in [0.717, 1.165) is 16.7 Å². The molecule has 0 saturated carbocycles. The summed E-state index contributed by atoms with van der Waals surface area (Å²) in [5, 5.41) is 0.789. The lowest BCUT2D eigenvalue weighted by Crippen LogP contribution is -2.27. The van der Waals surface area contributed by atoms with Gasteiger partial charge in [0, 0.05) is 17.6 Å². The number of para-hydroxylation sites is 1. The molecule has 0 saturated heterocycles. The third kappa shape index (κ3) is 3.25. The molecule has 0 radical (unpaired) electrons. The number of hydrogen-bond donors (Lipinski definition) is 1. The Kier molecular flexibility index (Phi) is 4.51. The Hall–Kier alpha value is -2.44. The van der Waals surface area contributed by atoms with Crippen LogP contribution in [-0.4, -0.2) is 20.5 Å². The highest BCUT2D eigenvalue weighted by Gasteiger charge is 2.21. The number of fused-ring (bicyclic) bond motifs is 1. The Morgan fingerprint density at radius 3 is 2.46 bits per heavy atom. The van der Waals surface area contributed by atoms with Crippen molar-refractivity contribution < 1.29 is 13.2 Å². The molecule has 2 aromatic carbocycles. The van der Waals surface area contributed by atoms with Crippen molar-refractivity contribution in [3.8, 4) is 5.75 Å². The highest BCUT2D eigenvalue weighted by Crippen LogP contribution is 2.23. The van der Waals surface area contributed by atoms with E-state index in [9.17, 15) is 8.42 Å². The number of benzene rings is 2. The molecular weight excluding hydrogens is 324 g/mol. The second-order valence-corrected chi connectivity index (χ2v) is 7.13. The molecule has 1 aromatic heterocycles. The zero-order valence-electron chi connectivity index (χ0n) is 13.4. The number of pyridine rings is 1. The average Bonchev–Trinajstić information content (AvgIpc) is 2.61. The fraction of sp³-hybridized carbons (Fsp3) is 0.167. The predicted octanol–water partition coefficient (Wildman–Crippen LogP) is 3.28. The first-order chi connectivity index (χ1) is 11.5. The summed E-state index contributed by atoms with van der Waals surface area (Å²) in [4.78, 5) is 4.40. The average molecular weight is 342 g/mol. The third-order valence-corrected chi connectivity index (χ3v) is 5.41. The summed E-state index contributed by atoms with van der Waals surface area (Å²) in [6, 6.07) is 15.7. The maximum Gasteiger partial charge on any atom is 0.243 e. The van der Waals surface area contributed by atoms with E-state index in [0.29, 0.717) is 5.52 Å². The molecule has 0 spiro atoms. The fourth-order valence-corrected chi connectivity index (χ4v) is 3.96. The summed E-state index contributed by atoms with van der Waals surface area (Å²) >= 11 is 0. The van der Waals surface area contributed by atoms with E-state index in [1.807, 2.05) is 24.3 Å². The number of nitrogens with zero attached hydrogens (tertiary/aromatic N) is 1. The predicted molar refractivity (Wildman–Crippen MR) is 93.5 cm³/mol. The van der Waals surface area contributed by atoms with Gasteiger partial charge in [-0.1, -0.05) is 30.3 Å². The largest absolute Gasteiger partial charge is 0.497 e. The van der Waals surface area contributed by atoms with Gasteiger partial charge in [0.05, 0.1) is 12.6 Å². The minimum absolute atomic E-state index is 0.181. The van der Waals surface area contributed by atoms with Gasteiger partial charge >= 0.3 is 0 Å². The lowest BCUT2D eigenvalue weighted by Gasteiger charge is -2.16. The van der Waals surface area contributed by atoms with Crippen LogP contribution >= 0.6 is 0 Å². The summed E-state index contributed by atoms with van der Waals surface area (Å²) in [6.07, 6.45) is 1.59. The van der Waals surface area contributed by atoms with Gasteiger partial charge in [-0.2, -0.15) is 0 Å². The van der Waals surface area contributed by atoms with Crippen LogP contribution in [0.15, 0.2) is 65.7 Å². The first-order valence-electron chi connectivity index (χ1n) is 7.51. The van der Waals surface area contributed by atoms with E-state index in [1.165, 1.54) is 0 Å². The van der Waals surface area contributed by atoms with E-state index < -0.39 is 10.0 Å². The molecule has 1 atom stereocenters. The highest BCUT2D eigenvalue weighted by atomic mass is 32.2. The zero-order chi connectivity index (χ0) is 17.2. The Bertz CT molecular complexity index is 948. The van der Waals surface area contributed by atoms with Crippen LogP contribution in [0.2, 0.25) is 0 Å². The molecule has 6 heteroatoms. The second kappa shape index (κ2) is 6.59. The molecule has 1 heterocycles. The van der Waals surface area contributed by atoms with Gasteiger partial charge in [-0.15, -0.1) is 0 Å². The van der Waals surface area contributed by atoms with E-state index in [2.05, 4.69) is 9.71 Å². The summed E-state index contributed by atoms with van der Waals surface area (Å²) in [6.45, 7) is 1.80. The van der Waals surface area contributed by atoms with Crippen LogP contribution in [0, 0.1) is 0 Å². The minimum atomic E-state index is -3.69. The molecule has 124 valence electrons. The number of rotatable bonds is 5. The van der Waals surface area contributed by atoms with Gasteiger partial charge in [0.2, 0.25) is 10.0 Å². The Balaban J connectivity index is 1.92. The Morgan fingerprint density at radius 1 is 1.04 bits per heavy atom. The molecule has 1 unspecified atom stereocenters. The van der Waals surface area contributed by atoms with Crippen molar-refractivity contribution in [2.24, 2.45) is 0 Å². The van der Waals surface area contributed by atoms with E-state index in [1.54, 1.807) is 50.6 Å². The lowest BCUT2D eigenvalue weighted by atomic mass is 10.1. The van der Waals surface area contributed by atoms with Crippen molar-refractivity contribution >= 4 is 20.9 Å². The molecule has 0 fully saturated rings. The maximum atomic E-state index is 12.8. The number of ether oxygens (including phenoxy) is 1. The van der Waals surface area contributed by atoms with Crippen LogP contribution in [-0.2, 0) is 10.0 Å². The molecule has 5 nitrogen and oxygen atoms in total. The lowest BCUT2D eigenvalue weighted by molar-refractivity contribution is 0.414. The quantitative estimate of drug-likeness (QED) is 0.772. The number of nitrogens with one attached hydrogen (secondary N) is 1. The van der Waals surface area contributed by atoms with Crippen LogP contribution in [0.3, 0.4) is 0 Å². The van der Waals surface area contributed by atoms with Gasteiger partial charge in [-0.05, 0) is 36.8 Å². The zero-order valence-corrected chi connectivity index (χ0v) is 14.2. The first kappa shape index (κ1) is 16.4. The van der Waals surface area contributed by atoms with E-state index >= 15 is 0 Å². The second-order valence-electron chi connectivity index (χ2n) is 5.45. The van der Waals surface area contributed by atoms with Crippen LogP contribution in [0.25, 0.3) is 10.9 Å². The van der Waals surface area contributed by atoms with E-state index in [-0.39, 0.29) is 10.9 Å². The van der Waals surface area contributed by atoms with Crippen LogP contribution in [0.4, 0.5) is 0 Å². The Morgan fingerprint density at radius 2 is 1.75 bits per heavy atom. The van der Waals surface area contributed by atoms with Crippen molar-refractivity contribution in [3.05, 3.63) is 66.4 Å². The third-order valence-electron chi connectivity index (χ3n) is 3.83. The van der Waals surface area contributed by atoms with Gasteiger partial charge < -0.3 is 4.74 Å². The van der Waals surface area contributed by atoms with Gasteiger partial charge in [0.15, 0.2) is 0 Å². The first-order valence-corrected chi connectivity index (χ1v) is 8.99. The summed E-state index contributed by atoms with van der Waals surface area (Å²) < 4.78 is 33.4. The topological polar surface area (TPSA) is 68.3 Å². The molecule has 0 aliphatic carbocycles. The monoisotopic (exact) mass is 342 g/mol. The standard InChI is InChI=1S/C18H18N2O3S/c1-13(14-8-10-16(23-2)11-9-14)20-24(21,22)17-7-3-5-15-6-4-12-19-18(15)17/h3-13,20H,1-2H3. The van der Waals surface area contributed by atoms with Crippen LogP contribution in [0.1, 0.15) is 18.5 Å². The molecule has 3 aromatic rings. The number of aromatic nitrogens is 1. The number of methoxy groups -OCH3 is 1. The molecule has 24 heavy (non-hydrogen) atoms. The van der Waals surface area contributed by atoms with Crippen molar-refractivity contribution in [2.45, 2.75) is 17.9 Å². The maximum absolute atomic E-state index is 12.8. The smallest absolute Gasteiger partial charge is 0.243 e. The molecule has 0 aliphatic rings. The highest BCUT2D eigenvalue weighted by molar-refractivity contribution is 7.89. The molecule has 0 aliphatic heterocycles. The van der Waals surface area contributed by atoms with Gasteiger partial charge in [0.1, 0.15) is 10.6 Å². The summed E-state index contributed by atoms with van der Waals surface area (Å²) in [7, 11) is -2.10. The number of hydrogen-bond acceptors (Lipinski definition) is 4. The molecule has 0 amide bonds. The normalized spacial score (nSPS) is 12.9. The summed E-state index contributed by atoms with van der Waals surface area (Å²) in [5.41, 5.74) is 1.32. The van der Waals surface area contributed by atoms with Crippen molar-refractivity contribution in [1.29, 1.82) is 0 Å². The fourth-order valence-electron chi connectivity index (χ4n) is 2.55. The summed E-state index contributed by atoms with van der Waals surface area (Å²) in [5.74, 6) is 0.729. The molecular formula is C18H18N2O3S. The van der Waals surface area contributed by atoms with Crippen LogP contribution in [0.5, 0.6) is 5.75 Å². The minimum Gasteiger partial charge on any atom is -0.497 e. The van der Waals surface area contributed by atoms with Gasteiger partial charge in [0.25, 0.3) is 0 Å². The Labute approximate surface area is 141 Å². The van der Waals surface area contributed by atoms with Crippen molar-refractivity contribution in [2.75, 3.05) is 7.11 Å². The van der Waals surface area contributed by atoms with Crippen molar-refractivity contribution in [3.63, 3.8) is 0 Å². The molecule has 1 N–H and O–H groups in total. The van der Waals surface area contributed by atoms with Gasteiger partial charge in [-0.3, -0.25) is 4.98 Å². The SMILES string of the molecule is COc1ccc(C(C)NS(=O)(=O)c2cccc3cccnc23)cc1.